The fourth-order valence-corrected chi connectivity index (χ4v) is 3.92. The van der Waals surface area contributed by atoms with Crippen molar-refractivity contribution in [1.29, 1.82) is 0 Å². The number of amides is 1. The van der Waals surface area contributed by atoms with E-state index in [-0.39, 0.29) is 5.91 Å². The van der Waals surface area contributed by atoms with E-state index in [1.165, 1.54) is 16.0 Å². The molecule has 1 unspecified atom stereocenters. The first-order valence-electron chi connectivity index (χ1n) is 10.5. The molecular formula is C23H26N4O4. The third-order valence-corrected chi connectivity index (χ3v) is 5.81. The molecule has 3 aromatic rings. The van der Waals surface area contributed by atoms with Crippen molar-refractivity contribution in [2.75, 3.05) is 13.2 Å². The fraction of sp³-hybridized carbons (Fsp3) is 0.391. The Bertz CT molecular complexity index is 1110. The zero-order valence-corrected chi connectivity index (χ0v) is 17.7. The monoisotopic (exact) mass is 422 g/mol. The summed E-state index contributed by atoms with van der Waals surface area (Å²) in [6.07, 6.45) is 1.98. The van der Waals surface area contributed by atoms with Gasteiger partial charge in [-0.1, -0.05) is 5.21 Å². The predicted octanol–water partition coefficient (Wildman–Crippen LogP) is 3.21. The van der Waals surface area contributed by atoms with Gasteiger partial charge in [0.05, 0.1) is 12.1 Å². The van der Waals surface area contributed by atoms with E-state index in [2.05, 4.69) is 30.2 Å². The molecule has 0 saturated carbocycles. The van der Waals surface area contributed by atoms with Crippen molar-refractivity contribution in [3.63, 3.8) is 0 Å². The zero-order chi connectivity index (χ0) is 22.0. The zero-order valence-electron chi connectivity index (χ0n) is 17.7. The smallest absolute Gasteiger partial charge is 0.326 e. The molecule has 1 aromatic heterocycles. The van der Waals surface area contributed by atoms with Crippen molar-refractivity contribution in [1.82, 2.24) is 19.9 Å². The molecule has 0 radical (unpaired) electrons. The van der Waals surface area contributed by atoms with Crippen LogP contribution in [0.2, 0.25) is 0 Å². The molecule has 8 heteroatoms. The van der Waals surface area contributed by atoms with E-state index in [1.807, 2.05) is 10.7 Å². The lowest BCUT2D eigenvalue weighted by Gasteiger charge is -2.21. The summed E-state index contributed by atoms with van der Waals surface area (Å²) in [7, 11) is 0. The maximum atomic E-state index is 12.6. The van der Waals surface area contributed by atoms with E-state index in [4.69, 9.17) is 4.74 Å². The number of carboxylic acids is 1. The van der Waals surface area contributed by atoms with Crippen molar-refractivity contribution in [3.8, 4) is 5.75 Å². The van der Waals surface area contributed by atoms with Crippen LogP contribution in [0, 0.1) is 13.8 Å². The largest absolute Gasteiger partial charge is 0.494 e. The first-order valence-corrected chi connectivity index (χ1v) is 10.5. The number of fused-ring (bicyclic) bond motifs is 1. The molecule has 0 aliphatic carbocycles. The molecule has 1 amide bonds. The Morgan fingerprint density at radius 2 is 1.90 bits per heavy atom. The Labute approximate surface area is 180 Å². The molecule has 162 valence electrons. The second-order valence-electron chi connectivity index (χ2n) is 7.96. The number of carbonyl (C=O) groups excluding carboxylic acids is 1. The summed E-state index contributed by atoms with van der Waals surface area (Å²) in [5, 5.41) is 17.7. The minimum Gasteiger partial charge on any atom is -0.494 e. The predicted molar refractivity (Wildman–Crippen MR) is 115 cm³/mol. The van der Waals surface area contributed by atoms with E-state index < -0.39 is 12.0 Å². The van der Waals surface area contributed by atoms with Gasteiger partial charge in [-0.2, -0.15) is 0 Å². The van der Waals surface area contributed by atoms with Crippen LogP contribution in [0.25, 0.3) is 11.0 Å². The van der Waals surface area contributed by atoms with Gasteiger partial charge in [0, 0.05) is 25.1 Å². The van der Waals surface area contributed by atoms with Gasteiger partial charge in [0.15, 0.2) is 0 Å². The summed E-state index contributed by atoms with van der Waals surface area (Å²) < 4.78 is 7.69. The second-order valence-corrected chi connectivity index (χ2v) is 7.96. The number of aromatic nitrogens is 3. The van der Waals surface area contributed by atoms with Crippen LogP contribution >= 0.6 is 0 Å². The molecule has 1 fully saturated rings. The molecule has 1 aliphatic heterocycles. The molecular weight excluding hydrogens is 396 g/mol. The average Bonchev–Trinajstić information content (AvgIpc) is 3.39. The fourth-order valence-electron chi connectivity index (χ4n) is 3.92. The highest BCUT2D eigenvalue weighted by Crippen LogP contribution is 2.22. The summed E-state index contributed by atoms with van der Waals surface area (Å²) >= 11 is 0. The second kappa shape index (κ2) is 8.75. The number of carboxylic acid groups (broad SMARTS) is 1. The van der Waals surface area contributed by atoms with Crippen LogP contribution in [0.1, 0.15) is 40.7 Å². The SMILES string of the molecule is Cc1cc2nnn(CCCOc3ccc(C(=O)N4CCCC4C(=O)O)cc3)c2cc1C. The Hall–Kier alpha value is -3.42. The molecule has 1 saturated heterocycles. The van der Waals surface area contributed by atoms with Crippen LogP contribution in [0.15, 0.2) is 36.4 Å². The first kappa shape index (κ1) is 20.8. The van der Waals surface area contributed by atoms with E-state index in [1.54, 1.807) is 24.3 Å². The molecule has 4 rings (SSSR count). The summed E-state index contributed by atoms with van der Waals surface area (Å²) in [5.74, 6) is -0.529. The van der Waals surface area contributed by atoms with E-state index >= 15 is 0 Å². The first-order chi connectivity index (χ1) is 14.9. The Morgan fingerprint density at radius 1 is 1.16 bits per heavy atom. The van der Waals surface area contributed by atoms with E-state index in [0.29, 0.717) is 43.9 Å². The Balaban J connectivity index is 1.30. The standard InChI is InChI=1S/C23H26N4O4/c1-15-13-19-21(14-16(15)2)27(25-24-19)11-4-12-31-18-8-6-17(7-9-18)22(28)26-10-3-5-20(26)23(29)30/h6-9,13-14,20H,3-5,10-12H2,1-2H3,(H,29,30). The average molecular weight is 422 g/mol. The van der Waals surface area contributed by atoms with Crippen LogP contribution in [-0.4, -0.2) is 56.1 Å². The molecule has 2 heterocycles. The van der Waals surface area contributed by atoms with Crippen molar-refractivity contribution in [2.45, 2.75) is 45.7 Å². The van der Waals surface area contributed by atoms with Gasteiger partial charge < -0.3 is 14.7 Å². The molecule has 31 heavy (non-hydrogen) atoms. The molecule has 0 bridgehead atoms. The van der Waals surface area contributed by atoms with Crippen LogP contribution in [0.5, 0.6) is 5.75 Å². The Kier molecular flexibility index (Phi) is 5.88. The number of hydrogen-bond acceptors (Lipinski definition) is 5. The van der Waals surface area contributed by atoms with E-state index in [0.717, 1.165) is 17.5 Å². The highest BCUT2D eigenvalue weighted by Gasteiger charge is 2.34. The van der Waals surface area contributed by atoms with Crippen LogP contribution in [0.4, 0.5) is 0 Å². The quantitative estimate of drug-likeness (QED) is 0.587. The van der Waals surface area contributed by atoms with Crippen molar-refractivity contribution in [2.24, 2.45) is 0 Å². The number of nitrogens with zero attached hydrogens (tertiary/aromatic N) is 4. The lowest BCUT2D eigenvalue weighted by molar-refractivity contribution is -0.141. The summed E-state index contributed by atoms with van der Waals surface area (Å²) in [4.78, 5) is 25.4. The summed E-state index contributed by atoms with van der Waals surface area (Å²) in [5.41, 5.74) is 4.80. The van der Waals surface area contributed by atoms with Gasteiger partial charge >= 0.3 is 5.97 Å². The number of ether oxygens (including phenoxy) is 1. The van der Waals surface area contributed by atoms with Gasteiger partial charge in [0.2, 0.25) is 0 Å². The summed E-state index contributed by atoms with van der Waals surface area (Å²) in [6.45, 7) is 5.82. The van der Waals surface area contributed by atoms with Crippen molar-refractivity contribution < 1.29 is 19.4 Å². The lowest BCUT2D eigenvalue weighted by Crippen LogP contribution is -2.40. The van der Waals surface area contributed by atoms with Gasteiger partial charge in [-0.15, -0.1) is 5.10 Å². The molecule has 1 N–H and O–H groups in total. The normalized spacial score (nSPS) is 16.1. The molecule has 2 aromatic carbocycles. The van der Waals surface area contributed by atoms with E-state index in [9.17, 15) is 14.7 Å². The number of likely N-dealkylation sites (tertiary alicyclic amines) is 1. The molecule has 1 atom stereocenters. The maximum Gasteiger partial charge on any atom is 0.326 e. The van der Waals surface area contributed by atoms with Crippen molar-refractivity contribution >= 4 is 22.9 Å². The van der Waals surface area contributed by atoms with Gasteiger partial charge in [-0.25, -0.2) is 9.48 Å². The van der Waals surface area contributed by atoms with Gasteiger partial charge in [0.25, 0.3) is 5.91 Å². The van der Waals surface area contributed by atoms with Gasteiger partial charge in [0.1, 0.15) is 17.3 Å². The minimum atomic E-state index is -0.948. The number of benzene rings is 2. The van der Waals surface area contributed by atoms with Crippen LogP contribution in [0.3, 0.4) is 0 Å². The molecule has 1 aliphatic rings. The topological polar surface area (TPSA) is 97.5 Å². The number of aryl methyl sites for hydroxylation is 3. The Morgan fingerprint density at radius 3 is 2.65 bits per heavy atom. The number of hydrogen-bond donors (Lipinski definition) is 1. The molecule has 8 nitrogen and oxygen atoms in total. The van der Waals surface area contributed by atoms with Crippen LogP contribution < -0.4 is 4.74 Å². The highest BCUT2D eigenvalue weighted by molar-refractivity contribution is 5.97. The van der Waals surface area contributed by atoms with Gasteiger partial charge in [-0.3, -0.25) is 4.79 Å². The highest BCUT2D eigenvalue weighted by atomic mass is 16.5. The maximum absolute atomic E-state index is 12.6. The number of carbonyl (C=O) groups is 2. The lowest BCUT2D eigenvalue weighted by atomic mass is 10.1. The van der Waals surface area contributed by atoms with Crippen LogP contribution in [-0.2, 0) is 11.3 Å². The number of rotatable bonds is 7. The number of aliphatic carboxylic acids is 1. The third-order valence-electron chi connectivity index (χ3n) is 5.81. The minimum absolute atomic E-state index is 0.250. The molecule has 0 spiro atoms. The summed E-state index contributed by atoms with van der Waals surface area (Å²) in [6, 6.07) is 10.3. The third kappa shape index (κ3) is 4.38. The van der Waals surface area contributed by atoms with Gasteiger partial charge in [-0.05, 0) is 74.2 Å². The van der Waals surface area contributed by atoms with Crippen molar-refractivity contribution in [3.05, 3.63) is 53.1 Å².